The van der Waals surface area contributed by atoms with E-state index in [9.17, 15) is 9.59 Å². The Bertz CT molecular complexity index is 204. The van der Waals surface area contributed by atoms with Crippen molar-refractivity contribution in [2.24, 2.45) is 0 Å². The molecule has 0 bridgehead atoms. The Morgan fingerprint density at radius 3 is 2.36 bits per heavy atom. The second kappa shape index (κ2) is 6.40. The Kier molecular flexibility index (Phi) is 5.92. The first-order valence-corrected chi connectivity index (χ1v) is 4.92. The average molecular weight is 200 g/mol. The Morgan fingerprint density at radius 2 is 1.93 bits per heavy atom. The molecule has 0 saturated carbocycles. The zero-order chi connectivity index (χ0) is 11.1. The summed E-state index contributed by atoms with van der Waals surface area (Å²) >= 11 is 0. The van der Waals surface area contributed by atoms with E-state index in [1.165, 1.54) is 6.92 Å². The molecule has 4 nitrogen and oxygen atoms in total. The molecule has 0 rings (SSSR count). The molecule has 1 atom stereocenters. The number of hydrogen-bond acceptors (Lipinski definition) is 2. The molecule has 2 amide bonds. The van der Waals surface area contributed by atoms with Gasteiger partial charge in [0.2, 0.25) is 11.8 Å². The van der Waals surface area contributed by atoms with Crippen LogP contribution < -0.4 is 5.32 Å². The molecule has 0 aromatic rings. The lowest BCUT2D eigenvalue weighted by atomic mass is 10.2. The lowest BCUT2D eigenvalue weighted by molar-refractivity contribution is -0.127. The van der Waals surface area contributed by atoms with Crippen LogP contribution in [0.15, 0.2) is 0 Å². The fourth-order valence-electron chi connectivity index (χ4n) is 1.21. The first-order chi connectivity index (χ1) is 6.43. The topological polar surface area (TPSA) is 49.4 Å². The maximum atomic E-state index is 10.9. The molecule has 0 aromatic heterocycles. The molecule has 0 spiro atoms. The van der Waals surface area contributed by atoms with Crippen molar-refractivity contribution in [3.8, 4) is 0 Å². The summed E-state index contributed by atoms with van der Waals surface area (Å²) in [6, 6.07) is 0.188. The van der Waals surface area contributed by atoms with Gasteiger partial charge in [0.05, 0.1) is 0 Å². The summed E-state index contributed by atoms with van der Waals surface area (Å²) in [6.45, 7) is 5.78. The van der Waals surface area contributed by atoms with Gasteiger partial charge in [-0.15, -0.1) is 0 Å². The van der Waals surface area contributed by atoms with Crippen molar-refractivity contribution in [1.82, 2.24) is 10.2 Å². The van der Waals surface area contributed by atoms with Crippen molar-refractivity contribution in [3.63, 3.8) is 0 Å². The number of carbonyl (C=O) groups is 2. The summed E-state index contributed by atoms with van der Waals surface area (Å²) < 4.78 is 0. The van der Waals surface area contributed by atoms with Gasteiger partial charge >= 0.3 is 0 Å². The van der Waals surface area contributed by atoms with E-state index in [-0.39, 0.29) is 17.9 Å². The number of carbonyl (C=O) groups excluding carboxylic acids is 2. The van der Waals surface area contributed by atoms with E-state index in [0.717, 1.165) is 19.4 Å². The van der Waals surface area contributed by atoms with Crippen LogP contribution in [0.4, 0.5) is 0 Å². The molecule has 82 valence electrons. The molecule has 0 aliphatic heterocycles. The zero-order valence-corrected chi connectivity index (χ0v) is 9.46. The summed E-state index contributed by atoms with van der Waals surface area (Å²) in [6.07, 6.45) is 1.81. The molecule has 0 aliphatic rings. The zero-order valence-electron chi connectivity index (χ0n) is 9.46. The van der Waals surface area contributed by atoms with Crippen LogP contribution in [-0.2, 0) is 9.59 Å². The minimum absolute atomic E-state index is 0.00239. The van der Waals surface area contributed by atoms with E-state index in [1.807, 2.05) is 6.92 Å². The molecule has 4 heteroatoms. The fourth-order valence-corrected chi connectivity index (χ4v) is 1.21. The SMILES string of the molecule is CC(=O)NC(C)CCCN(C)C(C)=O. The number of rotatable bonds is 5. The maximum Gasteiger partial charge on any atom is 0.219 e. The smallest absolute Gasteiger partial charge is 0.219 e. The Hall–Kier alpha value is -1.06. The van der Waals surface area contributed by atoms with Crippen molar-refractivity contribution in [3.05, 3.63) is 0 Å². The third-order valence-electron chi connectivity index (χ3n) is 2.12. The van der Waals surface area contributed by atoms with Crippen LogP contribution in [0, 0.1) is 0 Å². The highest BCUT2D eigenvalue weighted by atomic mass is 16.2. The highest BCUT2D eigenvalue weighted by molar-refractivity contribution is 5.73. The first kappa shape index (κ1) is 12.9. The van der Waals surface area contributed by atoms with E-state index in [0.29, 0.717) is 0 Å². The lowest BCUT2D eigenvalue weighted by Gasteiger charge is -2.17. The third-order valence-corrected chi connectivity index (χ3v) is 2.12. The first-order valence-electron chi connectivity index (χ1n) is 4.92. The minimum atomic E-state index is -0.00239. The standard InChI is InChI=1S/C10H20N2O2/c1-8(11-9(2)13)6-5-7-12(4)10(3)14/h8H,5-7H2,1-4H3,(H,11,13). The van der Waals surface area contributed by atoms with Crippen molar-refractivity contribution < 1.29 is 9.59 Å². The van der Waals surface area contributed by atoms with Crippen LogP contribution in [0.5, 0.6) is 0 Å². The van der Waals surface area contributed by atoms with E-state index in [2.05, 4.69) is 5.32 Å². The summed E-state index contributed by atoms with van der Waals surface area (Å²) in [5.74, 6) is 0.0783. The Balaban J connectivity index is 3.53. The third kappa shape index (κ3) is 6.46. The molecule has 0 aliphatic carbocycles. The molecule has 0 saturated heterocycles. The Labute approximate surface area is 85.7 Å². The highest BCUT2D eigenvalue weighted by Gasteiger charge is 2.05. The number of amides is 2. The van der Waals surface area contributed by atoms with Gasteiger partial charge in [-0.3, -0.25) is 9.59 Å². The van der Waals surface area contributed by atoms with Crippen LogP contribution in [0.3, 0.4) is 0 Å². The second-order valence-electron chi connectivity index (χ2n) is 3.68. The van der Waals surface area contributed by atoms with Crippen molar-refractivity contribution >= 4 is 11.8 Å². The van der Waals surface area contributed by atoms with Crippen LogP contribution in [-0.4, -0.2) is 36.3 Å². The summed E-state index contributed by atoms with van der Waals surface area (Å²) in [5.41, 5.74) is 0. The largest absolute Gasteiger partial charge is 0.354 e. The molecule has 0 aromatic carbocycles. The average Bonchev–Trinajstić information content (AvgIpc) is 2.02. The van der Waals surface area contributed by atoms with Crippen LogP contribution in [0.2, 0.25) is 0 Å². The van der Waals surface area contributed by atoms with E-state index < -0.39 is 0 Å². The summed E-state index contributed by atoms with van der Waals surface area (Å²) in [7, 11) is 1.78. The second-order valence-corrected chi connectivity index (χ2v) is 3.68. The molecule has 0 heterocycles. The highest BCUT2D eigenvalue weighted by Crippen LogP contribution is 1.98. The molecular weight excluding hydrogens is 180 g/mol. The summed E-state index contributed by atoms with van der Waals surface area (Å²) in [5, 5.41) is 2.80. The van der Waals surface area contributed by atoms with Crippen molar-refractivity contribution in [1.29, 1.82) is 0 Å². The monoisotopic (exact) mass is 200 g/mol. The van der Waals surface area contributed by atoms with Gasteiger partial charge in [0.1, 0.15) is 0 Å². The van der Waals surface area contributed by atoms with Gasteiger partial charge in [-0.2, -0.15) is 0 Å². The van der Waals surface area contributed by atoms with Gasteiger partial charge in [-0.25, -0.2) is 0 Å². The van der Waals surface area contributed by atoms with E-state index >= 15 is 0 Å². The van der Waals surface area contributed by atoms with Crippen molar-refractivity contribution in [2.75, 3.05) is 13.6 Å². The van der Waals surface area contributed by atoms with Gasteiger partial charge in [0, 0.05) is 33.5 Å². The van der Waals surface area contributed by atoms with Crippen LogP contribution in [0.1, 0.15) is 33.6 Å². The molecule has 0 radical (unpaired) electrons. The predicted octanol–water partition coefficient (Wildman–Crippen LogP) is 0.770. The number of nitrogens with one attached hydrogen (secondary N) is 1. The summed E-state index contributed by atoms with van der Waals surface area (Å²) in [4.78, 5) is 23.2. The van der Waals surface area contributed by atoms with Gasteiger partial charge in [0.25, 0.3) is 0 Å². The maximum absolute atomic E-state index is 10.9. The van der Waals surface area contributed by atoms with E-state index in [1.54, 1.807) is 18.9 Å². The lowest BCUT2D eigenvalue weighted by Crippen LogP contribution is -2.32. The molecular formula is C10H20N2O2. The van der Waals surface area contributed by atoms with Gasteiger partial charge in [-0.1, -0.05) is 0 Å². The molecule has 0 fully saturated rings. The van der Waals surface area contributed by atoms with E-state index in [4.69, 9.17) is 0 Å². The predicted molar refractivity (Wildman–Crippen MR) is 55.8 cm³/mol. The van der Waals surface area contributed by atoms with Crippen LogP contribution >= 0.6 is 0 Å². The van der Waals surface area contributed by atoms with Gasteiger partial charge in [0.15, 0.2) is 0 Å². The van der Waals surface area contributed by atoms with Crippen molar-refractivity contribution in [2.45, 2.75) is 39.7 Å². The normalized spacial score (nSPS) is 12.0. The number of nitrogens with zero attached hydrogens (tertiary/aromatic N) is 1. The Morgan fingerprint density at radius 1 is 1.36 bits per heavy atom. The molecule has 1 N–H and O–H groups in total. The van der Waals surface area contributed by atoms with Crippen LogP contribution in [0.25, 0.3) is 0 Å². The van der Waals surface area contributed by atoms with Gasteiger partial charge < -0.3 is 10.2 Å². The number of hydrogen-bond donors (Lipinski definition) is 1. The fraction of sp³-hybridized carbons (Fsp3) is 0.800. The molecule has 14 heavy (non-hydrogen) atoms. The quantitative estimate of drug-likeness (QED) is 0.712. The minimum Gasteiger partial charge on any atom is -0.354 e. The van der Waals surface area contributed by atoms with Gasteiger partial charge in [-0.05, 0) is 19.8 Å². The molecule has 1 unspecified atom stereocenters.